The van der Waals surface area contributed by atoms with Crippen LogP contribution in [0.4, 0.5) is 22.7 Å². The number of carboxylic acids is 3. The normalized spacial score (nSPS) is 17.8. The number of hydrogen-bond donors (Lipinski definition) is 7. The van der Waals surface area contributed by atoms with Gasteiger partial charge in [-0.25, -0.2) is 24.0 Å². The van der Waals surface area contributed by atoms with Crippen molar-refractivity contribution >= 4 is 78.7 Å². The number of allylic oxidation sites excluding steroid dienone is 9. The van der Waals surface area contributed by atoms with Crippen molar-refractivity contribution in [2.75, 3.05) is 54.8 Å². The number of fused-ring (bicyclic) bond motifs is 10. The van der Waals surface area contributed by atoms with Crippen molar-refractivity contribution in [3.05, 3.63) is 332 Å². The molecule has 730 valence electrons. The van der Waals surface area contributed by atoms with E-state index in [1.165, 1.54) is 95.5 Å². The van der Waals surface area contributed by atoms with Crippen LogP contribution in [-0.2, 0) is 53.1 Å². The number of hydrogen-bond acceptors (Lipinski definition) is 11. The van der Waals surface area contributed by atoms with Gasteiger partial charge in [-0.2, -0.15) is 13.0 Å². The number of aryl methyl sites for hydroxylation is 6. The van der Waals surface area contributed by atoms with Crippen molar-refractivity contribution in [3.63, 3.8) is 0 Å². The summed E-state index contributed by atoms with van der Waals surface area (Å²) in [5, 5.41) is 39.9. The third kappa shape index (κ3) is 18.3. The van der Waals surface area contributed by atoms with E-state index in [9.17, 15) is 42.7 Å². The fraction of sp³-hybridized carbons (Fsp3) is 0.364. The van der Waals surface area contributed by atoms with E-state index in [1.807, 2.05) is 38.1 Å². The summed E-state index contributed by atoms with van der Waals surface area (Å²) in [6.07, 6.45) is 26.3. The third-order valence-corrected chi connectivity index (χ3v) is 31.3. The monoisotopic (exact) mass is 1910 g/mol. The highest BCUT2D eigenvalue weighted by molar-refractivity contribution is 7.86. The second-order valence-electron chi connectivity index (χ2n) is 41.8. The predicted octanol–water partition coefficient (Wildman–Crippen LogP) is 21.0. The zero-order chi connectivity index (χ0) is 101. The number of carbonyl (C=O) groups is 3. The molecule has 9 N–H and O–H groups in total. The number of nitrogens with one attached hydrogen (secondary N) is 1. The van der Waals surface area contributed by atoms with E-state index in [2.05, 4.69) is 263 Å². The number of carboxylic acid groups (broad SMARTS) is 3. The summed E-state index contributed by atoms with van der Waals surface area (Å²) in [5.41, 5.74) is 38.5. The standard InChI is InChI=1S/C35H36N2O3.C32H41N2.C30H35NO3.C24H22N2O6S/c1-20(2)21-11-12-24(27(17-21)35(38)39)30-28-18-22-7-3-13-36-15-5-9-25(31(22)36)33(28)40-34-26-10-6-16-37-14-4-8-23(32(26)37)19-29(30)34;1-10-33-27-18-16-23(4)20-25(27)31(6,7)29(33)14-12-11-13-15-30-32(8,9)26-21-24(5)17-19-28(26)34(30)22(2)3;1-7-9-21-15-27-24(12-18(21)5)29(22-11-10-20(17(3)4)14-23(22)30(32)33)25-13-19(6)26(31-8-2)16-28(25)34-27;1-11(2)13-4-5-14(17(10-13)24(27)28)20-15-6-8-18(25)12(3)21(15)32-22-16(20)7-9-19(26)23(22)33(29,30)31/h11-12,17-20H,3-10,13-16H2,1-2H3;11-22H,10H2,1-9H3;10-17,25,29H,7-9H2,1-6H3,(H,32,33);4-11,25H,26H2,1-3H3,(H,27,28)(H,29,30,31)/q;+1;;/p+3. The van der Waals surface area contributed by atoms with Crippen molar-refractivity contribution in [2.24, 2.45) is 5.92 Å². The average molecular weight is 1910 g/mol. The van der Waals surface area contributed by atoms with E-state index in [-0.39, 0.29) is 68.4 Å². The number of aromatic carboxylic acids is 3. The summed E-state index contributed by atoms with van der Waals surface area (Å²) in [6.45, 7) is 49.3. The molecule has 141 heavy (non-hydrogen) atoms. The van der Waals surface area contributed by atoms with Gasteiger partial charge in [-0.15, -0.1) is 0 Å². The fourth-order valence-corrected chi connectivity index (χ4v) is 23.9. The van der Waals surface area contributed by atoms with Gasteiger partial charge >= 0.3 is 17.9 Å². The van der Waals surface area contributed by atoms with Crippen molar-refractivity contribution in [2.45, 2.75) is 248 Å². The van der Waals surface area contributed by atoms with Gasteiger partial charge in [-0.1, -0.05) is 165 Å². The molecule has 11 aliphatic rings. The minimum absolute atomic E-state index is 0.00154. The molecule has 0 amide bonds. The Bertz CT molecular complexity index is 7540. The van der Waals surface area contributed by atoms with E-state index >= 15 is 0 Å². The van der Waals surface area contributed by atoms with E-state index in [4.69, 9.17) is 25.0 Å². The number of nitrogen functional groups attached to an aromatic ring is 1. The molecule has 0 radical (unpaired) electrons. The highest BCUT2D eigenvalue weighted by atomic mass is 32.2. The number of nitrogens with two attached hydrogens (primary N) is 2. The Labute approximate surface area is 830 Å². The smallest absolute Gasteiger partial charge is 0.336 e. The lowest BCUT2D eigenvalue weighted by Gasteiger charge is -2.39. The Morgan fingerprint density at radius 3 is 1.91 bits per heavy atom. The van der Waals surface area contributed by atoms with Gasteiger partial charge in [0.25, 0.3) is 10.1 Å². The molecule has 0 fully saturated rings. The average Bonchev–Trinajstić information content (AvgIpc) is 1.33. The van der Waals surface area contributed by atoms with Crippen LogP contribution in [-0.4, -0.2) is 108 Å². The molecule has 2 atom stereocenters. The highest BCUT2D eigenvalue weighted by Gasteiger charge is 2.47. The topological polar surface area (TPSA) is 276 Å². The second-order valence-corrected chi connectivity index (χ2v) is 43.2. The molecule has 0 saturated carbocycles. The number of ether oxygens (including phenoxy) is 2. The molecule has 9 heterocycles. The van der Waals surface area contributed by atoms with Gasteiger partial charge in [0.2, 0.25) is 22.1 Å². The SMILES string of the molecule is CC(C)c1ccc(C2=c3cc4c5c(c3Oc3c2cc2c6c3CCCN6CCC2)CCC[N+]=5CCC4)c(C(=O)O)c1.CCCc1cc2c(cc1C)C(c1ccc(C(C)C)cc1C(=O)O)C1C=C(C)C(=[NH+]CC)C=C1O2.CC[N+]1=C(C=CC=CC=C2N(C(C)C)c3ccc(C)cc3C2(C)C)C(C)(C)c2cc(C)ccc21.Cc1c2oc3c(S(=O)(=O)O)c(N)ccc3c(-c3ccc(C(C)C)cc3C(=O)O)c-2ccc1=[NH2+]. The molecule has 0 bridgehead atoms. The van der Waals surface area contributed by atoms with Gasteiger partial charge in [0.1, 0.15) is 54.9 Å². The van der Waals surface area contributed by atoms with Crippen molar-refractivity contribution in [1.29, 1.82) is 0 Å². The molecule has 2 unspecified atom stereocenters. The van der Waals surface area contributed by atoms with Crippen LogP contribution in [0.1, 0.15) is 298 Å². The summed E-state index contributed by atoms with van der Waals surface area (Å²) in [7, 11) is -4.76. The predicted molar refractivity (Wildman–Crippen MR) is 566 cm³/mol. The van der Waals surface area contributed by atoms with Gasteiger partial charge in [-0.05, 0) is 267 Å². The van der Waals surface area contributed by atoms with Crippen LogP contribution < -0.4 is 55.9 Å². The molecule has 19 nitrogen and oxygen atoms in total. The maximum Gasteiger partial charge on any atom is 0.336 e. The summed E-state index contributed by atoms with van der Waals surface area (Å²) in [5.74, 6) is 1.47. The van der Waals surface area contributed by atoms with Crippen LogP contribution in [0.2, 0.25) is 0 Å². The van der Waals surface area contributed by atoms with Gasteiger partial charge < -0.3 is 44.7 Å². The van der Waals surface area contributed by atoms with Crippen LogP contribution in [0.3, 0.4) is 0 Å². The molecule has 20 rings (SSSR count). The number of benzene rings is 10. The Morgan fingerprint density at radius 2 is 1.26 bits per heavy atom. The lowest BCUT2D eigenvalue weighted by atomic mass is 9.72. The van der Waals surface area contributed by atoms with Crippen LogP contribution in [0.15, 0.2) is 208 Å². The number of nitrogens with zero attached hydrogens (tertiary/aromatic N) is 4. The van der Waals surface area contributed by atoms with Crippen LogP contribution in [0.25, 0.3) is 39.0 Å². The van der Waals surface area contributed by atoms with Crippen LogP contribution in [0.5, 0.6) is 17.2 Å². The van der Waals surface area contributed by atoms with Crippen molar-refractivity contribution in [3.8, 4) is 39.7 Å². The maximum atomic E-state index is 12.8. The van der Waals surface area contributed by atoms with Gasteiger partial charge in [0, 0.05) is 151 Å². The molecule has 0 aromatic heterocycles. The van der Waals surface area contributed by atoms with E-state index in [0.29, 0.717) is 44.8 Å². The Hall–Kier alpha value is -13.3. The molecular weight excluding hydrogens is 1780 g/mol. The summed E-state index contributed by atoms with van der Waals surface area (Å²) in [6, 6.07) is 46.7. The van der Waals surface area contributed by atoms with E-state index in [1.54, 1.807) is 37.3 Å². The molecule has 2 aliphatic carbocycles. The first-order chi connectivity index (χ1) is 67.1. The van der Waals surface area contributed by atoms with Crippen LogP contribution in [0, 0.1) is 33.6 Å². The zero-order valence-electron chi connectivity index (χ0n) is 85.5. The first-order valence-corrected chi connectivity index (χ1v) is 52.0. The number of rotatable bonds is 18. The minimum Gasteiger partial charge on any atom is -0.478 e. The lowest BCUT2D eigenvalue weighted by molar-refractivity contribution is -0.451. The lowest BCUT2D eigenvalue weighted by Crippen LogP contribution is -2.72. The summed E-state index contributed by atoms with van der Waals surface area (Å²) < 4.78 is 58.9. The molecular formula is C121H137N7O12S+4. The summed E-state index contributed by atoms with van der Waals surface area (Å²) >= 11 is 0. The minimum atomic E-state index is -4.76. The molecule has 0 saturated heterocycles. The third-order valence-electron chi connectivity index (χ3n) is 30.4. The zero-order valence-corrected chi connectivity index (χ0v) is 86.3. The highest BCUT2D eigenvalue weighted by Crippen LogP contribution is 2.55. The second kappa shape index (κ2) is 39.3. The molecule has 9 aromatic rings. The quantitative estimate of drug-likeness (QED) is 0.0138. The Kier molecular flexibility index (Phi) is 27.7. The summed E-state index contributed by atoms with van der Waals surface area (Å²) in [4.78, 5) is 45.4. The van der Waals surface area contributed by atoms with Crippen LogP contribution >= 0.6 is 0 Å². The molecule has 9 aromatic carbocycles. The first kappa shape index (κ1) is 99.3. The Balaban J connectivity index is 0.000000130. The van der Waals surface area contributed by atoms with Crippen molar-refractivity contribution < 1.29 is 71.5 Å². The van der Waals surface area contributed by atoms with Gasteiger partial charge in [0.15, 0.2) is 16.2 Å². The largest absolute Gasteiger partial charge is 0.478 e. The van der Waals surface area contributed by atoms with Gasteiger partial charge in [-0.3, -0.25) is 9.96 Å². The van der Waals surface area contributed by atoms with Gasteiger partial charge in [0.05, 0.1) is 38.9 Å². The number of anilines is 3. The maximum absolute atomic E-state index is 12.8. The van der Waals surface area contributed by atoms with E-state index < -0.39 is 32.9 Å². The molecule has 20 heteroatoms. The first-order valence-electron chi connectivity index (χ1n) is 50.6. The molecule has 0 spiro atoms. The van der Waals surface area contributed by atoms with Crippen molar-refractivity contribution in [1.82, 2.24) is 4.58 Å². The Morgan fingerprint density at radius 1 is 0.631 bits per heavy atom. The molecule has 9 aliphatic heterocycles. The van der Waals surface area contributed by atoms with E-state index in [0.717, 1.165) is 188 Å². The fourth-order valence-electron chi connectivity index (χ4n) is 23.1.